The van der Waals surface area contributed by atoms with E-state index in [9.17, 15) is 14.0 Å². The van der Waals surface area contributed by atoms with Crippen LogP contribution in [0, 0.1) is 5.82 Å². The third kappa shape index (κ3) is 3.08. The normalized spacial score (nSPS) is 13.3. The van der Waals surface area contributed by atoms with Crippen LogP contribution in [0.5, 0.6) is 0 Å². The minimum absolute atomic E-state index is 0.303. The molecule has 1 aliphatic carbocycles. The third-order valence-corrected chi connectivity index (χ3v) is 3.82. The highest BCUT2D eigenvalue weighted by Crippen LogP contribution is 2.27. The lowest BCUT2D eigenvalue weighted by atomic mass is 9.95. The average Bonchev–Trinajstić information content (AvgIpc) is 2.93. The second kappa shape index (κ2) is 6.20. The van der Waals surface area contributed by atoms with E-state index < -0.39 is 5.91 Å². The van der Waals surface area contributed by atoms with Crippen LogP contribution in [0.1, 0.15) is 41.5 Å². The molecule has 3 rings (SSSR count). The van der Waals surface area contributed by atoms with E-state index in [1.807, 2.05) is 0 Å². The van der Waals surface area contributed by atoms with Crippen molar-refractivity contribution < 1.29 is 14.0 Å². The fourth-order valence-corrected chi connectivity index (χ4v) is 2.78. The lowest BCUT2D eigenvalue weighted by Crippen LogP contribution is -2.40. The lowest BCUT2D eigenvalue weighted by molar-refractivity contribution is -0.119. The van der Waals surface area contributed by atoms with E-state index >= 15 is 0 Å². The molecule has 6 nitrogen and oxygen atoms in total. The zero-order valence-electron chi connectivity index (χ0n) is 12.7. The van der Waals surface area contributed by atoms with Crippen LogP contribution in [0.2, 0.25) is 0 Å². The van der Waals surface area contributed by atoms with E-state index in [1.165, 1.54) is 19.1 Å². The molecule has 1 aromatic carbocycles. The summed E-state index contributed by atoms with van der Waals surface area (Å²) in [5.74, 6) is -1.12. The number of hydrogen-bond donors (Lipinski definition) is 2. The molecule has 1 heterocycles. The van der Waals surface area contributed by atoms with Crippen LogP contribution in [-0.4, -0.2) is 21.6 Å². The Hall–Kier alpha value is -2.70. The van der Waals surface area contributed by atoms with E-state index in [0.29, 0.717) is 11.4 Å². The Kier molecular flexibility index (Phi) is 4.10. The summed E-state index contributed by atoms with van der Waals surface area (Å²) in [6.07, 6.45) is 3.58. The summed E-state index contributed by atoms with van der Waals surface area (Å²) >= 11 is 0. The van der Waals surface area contributed by atoms with Crippen molar-refractivity contribution >= 4 is 11.8 Å². The van der Waals surface area contributed by atoms with Gasteiger partial charge in [-0.3, -0.25) is 20.4 Å². The summed E-state index contributed by atoms with van der Waals surface area (Å²) in [7, 11) is 0. The van der Waals surface area contributed by atoms with Gasteiger partial charge in [-0.15, -0.1) is 0 Å². The quantitative estimate of drug-likeness (QED) is 0.828. The predicted molar refractivity (Wildman–Crippen MR) is 81.4 cm³/mol. The molecule has 0 saturated carbocycles. The van der Waals surface area contributed by atoms with E-state index in [2.05, 4.69) is 16.0 Å². The number of benzene rings is 1. The minimum atomic E-state index is -0.445. The van der Waals surface area contributed by atoms with Crippen molar-refractivity contribution in [3.8, 4) is 5.69 Å². The molecule has 0 radical (unpaired) electrons. The van der Waals surface area contributed by atoms with E-state index in [4.69, 9.17) is 0 Å². The number of carbonyl (C=O) groups excluding carboxylic acids is 2. The zero-order valence-corrected chi connectivity index (χ0v) is 12.7. The van der Waals surface area contributed by atoms with Gasteiger partial charge in [-0.25, -0.2) is 9.07 Å². The molecular formula is C16H17FN4O2. The number of hydrazine groups is 1. The molecule has 2 aromatic rings. The Morgan fingerprint density at radius 3 is 2.52 bits per heavy atom. The summed E-state index contributed by atoms with van der Waals surface area (Å²) in [4.78, 5) is 23.2. The lowest BCUT2D eigenvalue weighted by Gasteiger charge is -2.14. The molecular weight excluding hydrogens is 299 g/mol. The Balaban J connectivity index is 1.99. The SMILES string of the molecule is CC(=O)NNC(=O)c1nn(-c2ccc(F)cc2)c2c1CCCC2. The van der Waals surface area contributed by atoms with Gasteiger partial charge >= 0.3 is 0 Å². The van der Waals surface area contributed by atoms with Crippen molar-refractivity contribution in [2.45, 2.75) is 32.6 Å². The van der Waals surface area contributed by atoms with Crippen LogP contribution in [0.15, 0.2) is 24.3 Å². The number of aromatic nitrogens is 2. The number of hydrogen-bond acceptors (Lipinski definition) is 3. The Labute approximate surface area is 132 Å². The van der Waals surface area contributed by atoms with E-state index in [0.717, 1.165) is 36.9 Å². The highest BCUT2D eigenvalue weighted by molar-refractivity contribution is 5.95. The number of nitrogens with zero attached hydrogens (tertiary/aromatic N) is 2. The van der Waals surface area contributed by atoms with E-state index in [1.54, 1.807) is 16.8 Å². The summed E-state index contributed by atoms with van der Waals surface area (Å²) in [6, 6.07) is 5.99. The monoisotopic (exact) mass is 316 g/mol. The maximum Gasteiger partial charge on any atom is 0.290 e. The number of fused-ring (bicyclic) bond motifs is 1. The molecule has 0 spiro atoms. The fraction of sp³-hybridized carbons (Fsp3) is 0.312. The van der Waals surface area contributed by atoms with Gasteiger partial charge < -0.3 is 0 Å². The van der Waals surface area contributed by atoms with Crippen molar-refractivity contribution in [3.05, 3.63) is 47.0 Å². The van der Waals surface area contributed by atoms with Crippen molar-refractivity contribution in [2.75, 3.05) is 0 Å². The van der Waals surface area contributed by atoms with Gasteiger partial charge in [-0.05, 0) is 49.9 Å². The van der Waals surface area contributed by atoms with Crippen molar-refractivity contribution in [2.24, 2.45) is 0 Å². The molecule has 0 saturated heterocycles. The zero-order chi connectivity index (χ0) is 16.4. The van der Waals surface area contributed by atoms with Crippen LogP contribution < -0.4 is 10.9 Å². The maximum absolute atomic E-state index is 13.1. The Morgan fingerprint density at radius 2 is 1.83 bits per heavy atom. The van der Waals surface area contributed by atoms with Crippen molar-refractivity contribution in [1.82, 2.24) is 20.6 Å². The molecule has 0 atom stereocenters. The van der Waals surface area contributed by atoms with Crippen LogP contribution in [0.3, 0.4) is 0 Å². The number of halogens is 1. The molecule has 1 aliphatic rings. The van der Waals surface area contributed by atoms with Gasteiger partial charge in [0.05, 0.1) is 5.69 Å². The van der Waals surface area contributed by atoms with Gasteiger partial charge in [0.25, 0.3) is 5.91 Å². The van der Waals surface area contributed by atoms with Gasteiger partial charge in [0.15, 0.2) is 5.69 Å². The highest BCUT2D eigenvalue weighted by atomic mass is 19.1. The molecule has 0 aliphatic heterocycles. The van der Waals surface area contributed by atoms with Gasteiger partial charge in [0, 0.05) is 18.2 Å². The Bertz CT molecular complexity index is 752. The van der Waals surface area contributed by atoms with Crippen LogP contribution in [-0.2, 0) is 17.6 Å². The van der Waals surface area contributed by atoms with Crippen molar-refractivity contribution in [1.29, 1.82) is 0 Å². The summed E-state index contributed by atoms with van der Waals surface area (Å²) < 4.78 is 14.8. The largest absolute Gasteiger partial charge is 0.290 e. The summed E-state index contributed by atoms with van der Waals surface area (Å²) in [5.41, 5.74) is 7.49. The number of nitrogens with one attached hydrogen (secondary N) is 2. The first-order valence-corrected chi connectivity index (χ1v) is 7.50. The Morgan fingerprint density at radius 1 is 1.13 bits per heavy atom. The maximum atomic E-state index is 13.1. The molecule has 2 amide bonds. The average molecular weight is 316 g/mol. The summed E-state index contributed by atoms with van der Waals surface area (Å²) in [6.45, 7) is 1.31. The van der Waals surface area contributed by atoms with Crippen LogP contribution in [0.25, 0.3) is 5.69 Å². The number of carbonyl (C=O) groups is 2. The molecule has 0 fully saturated rings. The predicted octanol–water partition coefficient (Wildman–Crippen LogP) is 1.67. The van der Waals surface area contributed by atoms with Gasteiger partial charge in [-0.2, -0.15) is 5.10 Å². The van der Waals surface area contributed by atoms with Crippen molar-refractivity contribution in [3.63, 3.8) is 0 Å². The number of amides is 2. The van der Waals surface area contributed by atoms with E-state index in [-0.39, 0.29) is 11.7 Å². The first-order chi connectivity index (χ1) is 11.1. The smallest absolute Gasteiger partial charge is 0.274 e. The highest BCUT2D eigenvalue weighted by Gasteiger charge is 2.25. The fourth-order valence-electron chi connectivity index (χ4n) is 2.78. The molecule has 7 heteroatoms. The molecule has 1 aromatic heterocycles. The second-order valence-electron chi connectivity index (χ2n) is 5.50. The standard InChI is InChI=1S/C16H17FN4O2/c1-10(22)18-19-16(23)15-13-4-2-3-5-14(13)21(20-15)12-8-6-11(17)7-9-12/h6-9H,2-5H2,1H3,(H,18,22)(H,19,23). The number of rotatable bonds is 2. The minimum Gasteiger partial charge on any atom is -0.274 e. The van der Waals surface area contributed by atoms with Gasteiger partial charge in [0.2, 0.25) is 5.91 Å². The van der Waals surface area contributed by atoms with Gasteiger partial charge in [0.1, 0.15) is 5.82 Å². The first kappa shape index (κ1) is 15.2. The van der Waals surface area contributed by atoms with Crippen LogP contribution in [0.4, 0.5) is 4.39 Å². The molecule has 0 bridgehead atoms. The molecule has 0 unspecified atom stereocenters. The molecule has 23 heavy (non-hydrogen) atoms. The topological polar surface area (TPSA) is 76.0 Å². The van der Waals surface area contributed by atoms with Crippen LogP contribution >= 0.6 is 0 Å². The molecule has 2 N–H and O–H groups in total. The second-order valence-corrected chi connectivity index (χ2v) is 5.50. The first-order valence-electron chi connectivity index (χ1n) is 7.50. The summed E-state index contributed by atoms with van der Waals surface area (Å²) in [5, 5.41) is 4.40. The molecule has 120 valence electrons. The third-order valence-electron chi connectivity index (χ3n) is 3.82. The van der Waals surface area contributed by atoms with Gasteiger partial charge in [-0.1, -0.05) is 0 Å².